The molecule has 1 saturated heterocycles. The predicted octanol–water partition coefficient (Wildman–Crippen LogP) is -1.01. The second kappa shape index (κ2) is 6.25. The average molecular weight is 375 g/mol. The number of nitrogens with one attached hydrogen (secondary N) is 1. The fourth-order valence-electron chi connectivity index (χ4n) is 2.68. The largest absolute Gasteiger partial charge is 0.431 e. The van der Waals surface area contributed by atoms with Crippen molar-refractivity contribution in [2.24, 2.45) is 0 Å². The number of rotatable bonds is 5. The lowest BCUT2D eigenvalue weighted by Crippen LogP contribution is -2.44. The number of aliphatic hydroxyl groups is 3. The van der Waals surface area contributed by atoms with E-state index in [1.807, 2.05) is 0 Å². The number of imidazole rings is 1. The van der Waals surface area contributed by atoms with Crippen molar-refractivity contribution in [3.8, 4) is 0 Å². The quantitative estimate of drug-likeness (QED) is 0.405. The first kappa shape index (κ1) is 18.1. The van der Waals surface area contributed by atoms with Gasteiger partial charge in [0.25, 0.3) is 0 Å². The highest BCUT2D eigenvalue weighted by Crippen LogP contribution is 2.43. The van der Waals surface area contributed by atoms with E-state index in [4.69, 9.17) is 4.74 Å². The minimum atomic E-state index is -4.11. The summed E-state index contributed by atoms with van der Waals surface area (Å²) in [5.41, 5.74) is -1.40. The number of ether oxygens (including phenoxy) is 1. The van der Waals surface area contributed by atoms with Gasteiger partial charge in [-0.3, -0.25) is 14.2 Å². The Morgan fingerprint density at radius 1 is 1.48 bits per heavy atom. The molecule has 138 valence electrons. The Kier molecular flexibility index (Phi) is 4.54. The summed E-state index contributed by atoms with van der Waals surface area (Å²) < 4.78 is 23.0. The summed E-state index contributed by atoms with van der Waals surface area (Å²) in [6, 6.07) is 0. The molecule has 13 heteroatoms. The van der Waals surface area contributed by atoms with Gasteiger partial charge in [0.15, 0.2) is 23.2 Å². The molecule has 5 unspecified atom stereocenters. The third-order valence-electron chi connectivity index (χ3n) is 4.04. The predicted molar refractivity (Wildman–Crippen MR) is 83.4 cm³/mol. The minimum absolute atomic E-state index is 0.0478. The maximum atomic E-state index is 11.7. The Hall–Kier alpha value is -1.66. The molecule has 1 aliphatic heterocycles. The lowest BCUT2D eigenvalue weighted by molar-refractivity contribution is -0.0950. The maximum Gasteiger partial charge on any atom is 0.431 e. The van der Waals surface area contributed by atoms with E-state index in [2.05, 4.69) is 24.6 Å². The average Bonchev–Trinajstić information content (AvgIpc) is 3.08. The Balaban J connectivity index is 2.04. The standard InChI is InChI=1S/C12H18N5O7P/c1-12(20)8(19)6(3-18)24-11(12)17-5-15-7-9(13-4-14-10(7)17)16-25(21,22)23-2/h4-6,8,11,18-20H,3H2,1-2H3,(H2,13,14,16,21,22). The first-order valence-electron chi connectivity index (χ1n) is 7.22. The van der Waals surface area contributed by atoms with E-state index in [1.54, 1.807) is 0 Å². The smallest absolute Gasteiger partial charge is 0.394 e. The monoisotopic (exact) mass is 375 g/mol. The van der Waals surface area contributed by atoms with Crippen molar-refractivity contribution in [1.29, 1.82) is 0 Å². The SMILES string of the molecule is COP(=O)(O)Nc1ncnc2c1ncn2C1OC(CO)C(O)C1(C)O. The molecule has 0 radical (unpaired) electrons. The molecule has 12 nitrogen and oxygen atoms in total. The van der Waals surface area contributed by atoms with E-state index < -0.39 is 38.4 Å². The molecule has 0 saturated carbocycles. The van der Waals surface area contributed by atoms with Crippen LogP contribution in [0, 0.1) is 0 Å². The summed E-state index contributed by atoms with van der Waals surface area (Å²) in [6.07, 6.45) is -0.989. The molecule has 2 aromatic heterocycles. The lowest BCUT2D eigenvalue weighted by Gasteiger charge is -2.27. The van der Waals surface area contributed by atoms with Crippen molar-refractivity contribution in [2.75, 3.05) is 18.8 Å². The molecule has 5 N–H and O–H groups in total. The molecule has 5 atom stereocenters. The van der Waals surface area contributed by atoms with Gasteiger partial charge < -0.3 is 24.9 Å². The van der Waals surface area contributed by atoms with E-state index in [0.717, 1.165) is 13.4 Å². The normalized spacial score (nSPS) is 32.0. The van der Waals surface area contributed by atoms with Crippen LogP contribution in [0.3, 0.4) is 0 Å². The van der Waals surface area contributed by atoms with Crippen molar-refractivity contribution >= 4 is 24.7 Å². The maximum absolute atomic E-state index is 11.7. The molecule has 0 bridgehead atoms. The van der Waals surface area contributed by atoms with Crippen molar-refractivity contribution in [1.82, 2.24) is 19.5 Å². The molecule has 0 amide bonds. The van der Waals surface area contributed by atoms with Crippen LogP contribution in [0.15, 0.2) is 12.7 Å². The number of aromatic nitrogens is 4. The van der Waals surface area contributed by atoms with E-state index in [9.17, 15) is 24.8 Å². The fraction of sp³-hybridized carbons (Fsp3) is 0.583. The molecule has 0 aliphatic carbocycles. The van der Waals surface area contributed by atoms with Gasteiger partial charge in [0.2, 0.25) is 0 Å². The zero-order valence-electron chi connectivity index (χ0n) is 13.3. The molecular weight excluding hydrogens is 357 g/mol. The Morgan fingerprint density at radius 2 is 2.20 bits per heavy atom. The number of fused-ring (bicyclic) bond motifs is 1. The number of nitrogens with zero attached hydrogens (tertiary/aromatic N) is 4. The second-order valence-electron chi connectivity index (χ2n) is 5.74. The van der Waals surface area contributed by atoms with Gasteiger partial charge in [-0.2, -0.15) is 0 Å². The van der Waals surface area contributed by atoms with Crippen molar-refractivity contribution in [3.63, 3.8) is 0 Å². The molecule has 25 heavy (non-hydrogen) atoms. The summed E-state index contributed by atoms with van der Waals surface area (Å²) in [7, 11) is -3.05. The Morgan fingerprint density at radius 3 is 2.80 bits per heavy atom. The first-order valence-corrected chi connectivity index (χ1v) is 8.80. The number of hydrogen-bond donors (Lipinski definition) is 5. The van der Waals surface area contributed by atoms with E-state index in [1.165, 1.54) is 17.8 Å². The van der Waals surface area contributed by atoms with Crippen LogP contribution in [0.1, 0.15) is 13.2 Å². The third kappa shape index (κ3) is 3.02. The van der Waals surface area contributed by atoms with Crippen molar-refractivity contribution in [3.05, 3.63) is 12.7 Å². The number of aliphatic hydroxyl groups excluding tert-OH is 2. The zero-order chi connectivity index (χ0) is 18.4. The van der Waals surface area contributed by atoms with E-state index >= 15 is 0 Å². The van der Waals surface area contributed by atoms with Crippen LogP contribution < -0.4 is 5.09 Å². The van der Waals surface area contributed by atoms with Gasteiger partial charge in [-0.15, -0.1) is 0 Å². The molecule has 3 heterocycles. The summed E-state index contributed by atoms with van der Waals surface area (Å²) >= 11 is 0. The topological polar surface area (TPSA) is 172 Å². The highest BCUT2D eigenvalue weighted by Gasteiger charge is 2.53. The molecule has 2 aromatic rings. The van der Waals surface area contributed by atoms with Crippen LogP contribution in [0.4, 0.5) is 5.82 Å². The van der Waals surface area contributed by atoms with E-state index in [-0.39, 0.29) is 17.0 Å². The van der Waals surface area contributed by atoms with Crippen LogP contribution >= 0.6 is 7.75 Å². The molecule has 0 spiro atoms. The van der Waals surface area contributed by atoms with Gasteiger partial charge in [0.05, 0.1) is 12.9 Å². The van der Waals surface area contributed by atoms with Gasteiger partial charge in [0.1, 0.15) is 24.1 Å². The highest BCUT2D eigenvalue weighted by atomic mass is 31.2. The fourth-order valence-corrected chi connectivity index (χ4v) is 3.20. The van der Waals surface area contributed by atoms with Crippen LogP contribution in [-0.2, 0) is 13.8 Å². The van der Waals surface area contributed by atoms with Gasteiger partial charge in [-0.1, -0.05) is 0 Å². The van der Waals surface area contributed by atoms with Gasteiger partial charge in [0, 0.05) is 7.11 Å². The molecule has 1 fully saturated rings. The third-order valence-corrected chi connectivity index (χ3v) is 5.03. The summed E-state index contributed by atoms with van der Waals surface area (Å²) in [4.78, 5) is 21.5. The minimum Gasteiger partial charge on any atom is -0.394 e. The van der Waals surface area contributed by atoms with Crippen LogP contribution in [-0.4, -0.2) is 71.3 Å². The van der Waals surface area contributed by atoms with E-state index in [0.29, 0.717) is 0 Å². The van der Waals surface area contributed by atoms with Crippen molar-refractivity contribution in [2.45, 2.75) is 31.0 Å². The summed E-state index contributed by atoms with van der Waals surface area (Å²) in [5, 5.41) is 32.1. The van der Waals surface area contributed by atoms with Gasteiger partial charge >= 0.3 is 7.75 Å². The van der Waals surface area contributed by atoms with Crippen LogP contribution in [0.2, 0.25) is 0 Å². The van der Waals surface area contributed by atoms with Gasteiger partial charge in [-0.25, -0.2) is 19.5 Å². The Bertz CT molecular complexity index is 827. The van der Waals surface area contributed by atoms with Crippen LogP contribution in [0.5, 0.6) is 0 Å². The van der Waals surface area contributed by atoms with Crippen molar-refractivity contribution < 1.29 is 34.0 Å². The summed E-state index contributed by atoms with van der Waals surface area (Å²) in [6.45, 7) is 0.876. The first-order chi connectivity index (χ1) is 11.7. The second-order valence-corrected chi connectivity index (χ2v) is 7.37. The highest BCUT2D eigenvalue weighted by molar-refractivity contribution is 7.54. The lowest BCUT2D eigenvalue weighted by atomic mass is 9.96. The number of anilines is 1. The Labute approximate surface area is 141 Å². The zero-order valence-corrected chi connectivity index (χ0v) is 14.2. The summed E-state index contributed by atoms with van der Waals surface area (Å²) in [5.74, 6) is -0.0478. The molecule has 0 aromatic carbocycles. The number of hydrogen-bond acceptors (Lipinski definition) is 9. The van der Waals surface area contributed by atoms with Crippen LogP contribution in [0.25, 0.3) is 11.2 Å². The molecular formula is C12H18N5O7P. The van der Waals surface area contributed by atoms with Gasteiger partial charge in [-0.05, 0) is 6.92 Å². The molecule has 3 rings (SSSR count). The molecule has 1 aliphatic rings.